The maximum absolute atomic E-state index is 13.2. The predicted octanol–water partition coefficient (Wildman–Crippen LogP) is 2.65. The van der Waals surface area contributed by atoms with Gasteiger partial charge in [0.15, 0.2) is 0 Å². The van der Waals surface area contributed by atoms with E-state index in [0.717, 1.165) is 32.5 Å². The number of ether oxygens (including phenoxy) is 1. The second-order valence-electron chi connectivity index (χ2n) is 8.98. The number of likely N-dealkylation sites (tertiary alicyclic amines) is 2. The van der Waals surface area contributed by atoms with Crippen molar-refractivity contribution in [3.63, 3.8) is 0 Å². The molecule has 32 heavy (non-hydrogen) atoms. The molecule has 0 aromatic carbocycles. The zero-order valence-corrected chi connectivity index (χ0v) is 19.8. The molecule has 2 saturated heterocycles. The van der Waals surface area contributed by atoms with Gasteiger partial charge in [-0.1, -0.05) is 12.8 Å². The normalized spacial score (nSPS) is 20.0. The van der Waals surface area contributed by atoms with E-state index in [0.29, 0.717) is 42.1 Å². The molecule has 1 aromatic rings. The number of hydrogen-bond donors (Lipinski definition) is 2. The molecule has 3 heterocycles. The fourth-order valence-electron chi connectivity index (χ4n) is 4.85. The van der Waals surface area contributed by atoms with Crippen LogP contribution in [0, 0.1) is 19.8 Å². The first-order valence-corrected chi connectivity index (χ1v) is 12.1. The highest BCUT2D eigenvalue weighted by atomic mass is 16.5. The molecule has 8 heteroatoms. The molecule has 3 rings (SSSR count). The summed E-state index contributed by atoms with van der Waals surface area (Å²) in [6, 6.07) is 0. The quantitative estimate of drug-likeness (QED) is 0.628. The van der Waals surface area contributed by atoms with E-state index in [9.17, 15) is 14.4 Å². The van der Waals surface area contributed by atoms with Crippen LogP contribution in [0.1, 0.15) is 77.6 Å². The van der Waals surface area contributed by atoms with Gasteiger partial charge < -0.3 is 24.8 Å². The zero-order chi connectivity index (χ0) is 23.1. The number of nitrogens with zero attached hydrogens (tertiary/aromatic N) is 2. The first-order chi connectivity index (χ1) is 15.4. The van der Waals surface area contributed by atoms with E-state index in [1.54, 1.807) is 25.7 Å². The fraction of sp³-hybridized carbons (Fsp3) is 0.708. The van der Waals surface area contributed by atoms with E-state index in [-0.39, 0.29) is 24.3 Å². The smallest absolute Gasteiger partial charge is 0.340 e. The topological polar surface area (TPSA) is 94.7 Å². The van der Waals surface area contributed by atoms with Crippen LogP contribution in [0.3, 0.4) is 0 Å². The Labute approximate surface area is 191 Å². The number of aromatic amines is 1. The molecule has 0 saturated carbocycles. The summed E-state index contributed by atoms with van der Waals surface area (Å²) in [5.74, 6) is -0.747. The van der Waals surface area contributed by atoms with Gasteiger partial charge >= 0.3 is 5.97 Å². The number of rotatable bonds is 7. The van der Waals surface area contributed by atoms with Gasteiger partial charge in [-0.2, -0.15) is 0 Å². The van der Waals surface area contributed by atoms with Crippen LogP contribution >= 0.6 is 0 Å². The molecule has 1 aromatic heterocycles. The minimum atomic E-state index is -0.418. The van der Waals surface area contributed by atoms with Gasteiger partial charge in [-0.05, 0) is 65.1 Å². The minimum Gasteiger partial charge on any atom is -0.462 e. The van der Waals surface area contributed by atoms with Crippen molar-refractivity contribution in [3.05, 3.63) is 22.5 Å². The number of aryl methyl sites for hydroxylation is 1. The molecule has 2 aliphatic rings. The Morgan fingerprint density at radius 3 is 2.47 bits per heavy atom. The maximum Gasteiger partial charge on any atom is 0.340 e. The molecule has 2 N–H and O–H groups in total. The van der Waals surface area contributed by atoms with Crippen molar-refractivity contribution in [2.75, 3.05) is 45.9 Å². The van der Waals surface area contributed by atoms with Gasteiger partial charge in [-0.3, -0.25) is 9.59 Å². The lowest BCUT2D eigenvalue weighted by Gasteiger charge is -2.32. The predicted molar refractivity (Wildman–Crippen MR) is 123 cm³/mol. The second-order valence-corrected chi connectivity index (χ2v) is 8.98. The molecule has 1 atom stereocenters. The monoisotopic (exact) mass is 446 g/mol. The Hall–Kier alpha value is -2.35. The van der Waals surface area contributed by atoms with E-state index < -0.39 is 5.97 Å². The van der Waals surface area contributed by atoms with Crippen molar-refractivity contribution in [2.45, 2.75) is 59.3 Å². The summed E-state index contributed by atoms with van der Waals surface area (Å²) in [5.41, 5.74) is 2.07. The van der Waals surface area contributed by atoms with Crippen LogP contribution in [0.2, 0.25) is 0 Å². The lowest BCUT2D eigenvalue weighted by molar-refractivity contribution is -0.126. The summed E-state index contributed by atoms with van der Waals surface area (Å²) in [5, 5.41) is 3.09. The van der Waals surface area contributed by atoms with E-state index >= 15 is 0 Å². The molecule has 0 aliphatic carbocycles. The maximum atomic E-state index is 13.2. The highest BCUT2D eigenvalue weighted by Gasteiger charge is 2.31. The van der Waals surface area contributed by atoms with Crippen molar-refractivity contribution >= 4 is 17.8 Å². The van der Waals surface area contributed by atoms with Gasteiger partial charge in [0.2, 0.25) is 5.91 Å². The van der Waals surface area contributed by atoms with Gasteiger partial charge in [0.1, 0.15) is 5.69 Å². The third-order valence-electron chi connectivity index (χ3n) is 6.64. The zero-order valence-electron chi connectivity index (χ0n) is 19.8. The third-order valence-corrected chi connectivity index (χ3v) is 6.64. The Morgan fingerprint density at radius 1 is 1.06 bits per heavy atom. The number of aromatic nitrogens is 1. The molecule has 178 valence electrons. The average molecular weight is 447 g/mol. The van der Waals surface area contributed by atoms with Crippen molar-refractivity contribution < 1.29 is 19.1 Å². The molecule has 2 fully saturated rings. The van der Waals surface area contributed by atoms with Gasteiger partial charge in [-0.25, -0.2) is 4.79 Å². The standard InChI is InChI=1S/C24H38N4O4/c1-4-32-24(31)20-17(2)21(26-18(20)3)23(30)28-14-9-10-19(16-28)22(29)25-11-15-27-12-7-5-6-8-13-27/h19,26H,4-16H2,1-3H3,(H,25,29). The van der Waals surface area contributed by atoms with Crippen molar-refractivity contribution in [2.24, 2.45) is 5.92 Å². The van der Waals surface area contributed by atoms with Crippen molar-refractivity contribution in [1.29, 1.82) is 0 Å². The van der Waals surface area contributed by atoms with Crippen LogP contribution in [-0.2, 0) is 9.53 Å². The van der Waals surface area contributed by atoms with Gasteiger partial charge in [0, 0.05) is 31.9 Å². The number of amides is 2. The molecule has 0 bridgehead atoms. The molecule has 0 radical (unpaired) electrons. The van der Waals surface area contributed by atoms with Crippen molar-refractivity contribution in [1.82, 2.24) is 20.1 Å². The summed E-state index contributed by atoms with van der Waals surface area (Å²) in [4.78, 5) is 45.4. The van der Waals surface area contributed by atoms with Crippen LogP contribution in [0.4, 0.5) is 0 Å². The van der Waals surface area contributed by atoms with E-state index in [1.165, 1.54) is 25.7 Å². The van der Waals surface area contributed by atoms with Crippen molar-refractivity contribution in [3.8, 4) is 0 Å². The van der Waals surface area contributed by atoms with Gasteiger partial charge in [0.05, 0.1) is 18.1 Å². The van der Waals surface area contributed by atoms with Gasteiger partial charge in [0.25, 0.3) is 5.91 Å². The van der Waals surface area contributed by atoms with Crippen LogP contribution in [-0.4, -0.2) is 78.4 Å². The first kappa shape index (κ1) is 24.3. The number of nitrogens with one attached hydrogen (secondary N) is 2. The van der Waals surface area contributed by atoms with Gasteiger partial charge in [-0.15, -0.1) is 0 Å². The number of piperidine rings is 1. The number of H-pyrrole nitrogens is 1. The molecule has 8 nitrogen and oxygen atoms in total. The lowest BCUT2D eigenvalue weighted by atomic mass is 9.96. The van der Waals surface area contributed by atoms with E-state index in [2.05, 4.69) is 15.2 Å². The summed E-state index contributed by atoms with van der Waals surface area (Å²) in [7, 11) is 0. The molecule has 0 spiro atoms. The molecule has 1 unspecified atom stereocenters. The van der Waals surface area contributed by atoms with E-state index in [4.69, 9.17) is 4.74 Å². The van der Waals surface area contributed by atoms with E-state index in [1.807, 2.05) is 0 Å². The number of esters is 1. The average Bonchev–Trinajstić information content (AvgIpc) is 2.94. The Balaban J connectivity index is 1.56. The Kier molecular flexibility index (Phi) is 8.73. The number of carbonyl (C=O) groups excluding carboxylic acids is 3. The highest BCUT2D eigenvalue weighted by molar-refractivity contribution is 6.00. The largest absolute Gasteiger partial charge is 0.462 e. The fourth-order valence-corrected chi connectivity index (χ4v) is 4.85. The SMILES string of the molecule is CCOC(=O)c1c(C)[nH]c(C(=O)N2CCCC(C(=O)NCCN3CCCCCC3)C2)c1C. The number of hydrogen-bond acceptors (Lipinski definition) is 5. The second kappa shape index (κ2) is 11.5. The number of carbonyl (C=O) groups is 3. The molecule has 2 amide bonds. The van der Waals surface area contributed by atoms with Crippen LogP contribution in [0.25, 0.3) is 0 Å². The minimum absolute atomic E-state index is 0.0314. The highest BCUT2D eigenvalue weighted by Crippen LogP contribution is 2.24. The molecular formula is C24H38N4O4. The summed E-state index contributed by atoms with van der Waals surface area (Å²) < 4.78 is 5.12. The summed E-state index contributed by atoms with van der Waals surface area (Å²) in [6.07, 6.45) is 6.66. The van der Waals surface area contributed by atoms with Crippen LogP contribution < -0.4 is 5.32 Å². The first-order valence-electron chi connectivity index (χ1n) is 12.1. The third kappa shape index (κ3) is 5.91. The summed E-state index contributed by atoms with van der Waals surface area (Å²) in [6.45, 7) is 10.4. The van der Waals surface area contributed by atoms with Crippen LogP contribution in [0.5, 0.6) is 0 Å². The Bertz CT molecular complexity index is 811. The van der Waals surface area contributed by atoms with Crippen LogP contribution in [0.15, 0.2) is 0 Å². The Morgan fingerprint density at radius 2 is 1.78 bits per heavy atom. The molecular weight excluding hydrogens is 408 g/mol. The lowest BCUT2D eigenvalue weighted by Crippen LogP contribution is -2.46. The molecule has 2 aliphatic heterocycles. The summed E-state index contributed by atoms with van der Waals surface area (Å²) >= 11 is 0.